The molecular formula is C18H20FNO4. The zero-order valence-electron chi connectivity index (χ0n) is 13.7. The van der Waals surface area contributed by atoms with Crippen LogP contribution in [0, 0.1) is 12.7 Å². The number of benzene rings is 2. The predicted octanol–water partition coefficient (Wildman–Crippen LogP) is 4.04. The van der Waals surface area contributed by atoms with Gasteiger partial charge in [-0.3, -0.25) is 0 Å². The average molecular weight is 333 g/mol. The van der Waals surface area contributed by atoms with E-state index < -0.39 is 11.9 Å². The third-order valence-corrected chi connectivity index (χ3v) is 3.09. The van der Waals surface area contributed by atoms with E-state index in [9.17, 15) is 14.0 Å². The Balaban J connectivity index is 0.000000243. The summed E-state index contributed by atoms with van der Waals surface area (Å²) in [6, 6.07) is 10.9. The highest BCUT2D eigenvalue weighted by molar-refractivity contribution is 5.96. The maximum atomic E-state index is 12.4. The molecule has 5 nitrogen and oxygen atoms in total. The minimum absolute atomic E-state index is 0.0277. The van der Waals surface area contributed by atoms with Gasteiger partial charge in [0.2, 0.25) is 0 Å². The second-order valence-corrected chi connectivity index (χ2v) is 5.39. The van der Waals surface area contributed by atoms with Crippen molar-refractivity contribution in [1.29, 1.82) is 0 Å². The molecule has 6 heteroatoms. The van der Waals surface area contributed by atoms with E-state index in [2.05, 4.69) is 5.32 Å². The highest BCUT2D eigenvalue weighted by Gasteiger charge is 2.13. The van der Waals surface area contributed by atoms with E-state index in [0.29, 0.717) is 6.04 Å². The zero-order valence-corrected chi connectivity index (χ0v) is 13.7. The number of halogens is 1. The summed E-state index contributed by atoms with van der Waals surface area (Å²) < 4.78 is 12.4. The van der Waals surface area contributed by atoms with Crippen LogP contribution in [0.2, 0.25) is 0 Å². The molecule has 0 unspecified atom stereocenters. The quantitative estimate of drug-likeness (QED) is 0.786. The third kappa shape index (κ3) is 5.72. The number of anilines is 1. The van der Waals surface area contributed by atoms with E-state index in [0.717, 1.165) is 5.69 Å². The van der Waals surface area contributed by atoms with Crippen LogP contribution in [0.15, 0.2) is 42.5 Å². The molecule has 0 atom stereocenters. The summed E-state index contributed by atoms with van der Waals surface area (Å²) in [4.78, 5) is 21.2. The van der Waals surface area contributed by atoms with Crippen molar-refractivity contribution in [3.63, 3.8) is 0 Å². The molecule has 128 valence electrons. The van der Waals surface area contributed by atoms with Crippen LogP contribution in [-0.4, -0.2) is 28.2 Å². The number of carboxylic acid groups (broad SMARTS) is 2. The molecule has 0 aliphatic rings. The molecule has 0 aliphatic heterocycles. The van der Waals surface area contributed by atoms with Gasteiger partial charge in [-0.1, -0.05) is 6.07 Å². The standard InChI is InChI=1S/C9H12FN.C9H8O4/c1-7(2)11-9-5-3-8(10)4-6-9;1-5-6(8(10)11)3-2-4-7(5)9(12)13/h3-7,11H,1-2H3;2-4H,1H3,(H,10,11)(H,12,13). The lowest BCUT2D eigenvalue weighted by atomic mass is 10.0. The summed E-state index contributed by atoms with van der Waals surface area (Å²) in [7, 11) is 0. The maximum Gasteiger partial charge on any atom is 0.335 e. The van der Waals surface area contributed by atoms with Gasteiger partial charge < -0.3 is 15.5 Å². The van der Waals surface area contributed by atoms with E-state index in [1.807, 2.05) is 13.8 Å². The van der Waals surface area contributed by atoms with Crippen LogP contribution in [0.5, 0.6) is 0 Å². The van der Waals surface area contributed by atoms with Gasteiger partial charge in [0, 0.05) is 11.7 Å². The number of carboxylic acids is 2. The predicted molar refractivity (Wildman–Crippen MR) is 90.3 cm³/mol. The van der Waals surface area contributed by atoms with Gasteiger partial charge in [-0.2, -0.15) is 0 Å². The van der Waals surface area contributed by atoms with Crippen molar-refractivity contribution in [3.05, 3.63) is 65.0 Å². The first kappa shape index (κ1) is 19.2. The number of hydrogen-bond donors (Lipinski definition) is 3. The van der Waals surface area contributed by atoms with Crippen LogP contribution in [0.25, 0.3) is 0 Å². The Bertz CT molecular complexity index is 679. The van der Waals surface area contributed by atoms with E-state index in [1.165, 1.54) is 37.3 Å². The maximum absolute atomic E-state index is 12.4. The van der Waals surface area contributed by atoms with Crippen molar-refractivity contribution in [1.82, 2.24) is 0 Å². The highest BCUT2D eigenvalue weighted by atomic mass is 19.1. The van der Waals surface area contributed by atoms with Crippen molar-refractivity contribution in [3.8, 4) is 0 Å². The van der Waals surface area contributed by atoms with Gasteiger partial charge in [0.1, 0.15) is 5.82 Å². The van der Waals surface area contributed by atoms with Gasteiger partial charge >= 0.3 is 11.9 Å². The molecule has 2 aromatic rings. The van der Waals surface area contributed by atoms with Gasteiger partial charge in [-0.25, -0.2) is 14.0 Å². The molecule has 0 fully saturated rings. The Morgan fingerprint density at radius 1 is 0.958 bits per heavy atom. The molecule has 24 heavy (non-hydrogen) atoms. The molecule has 2 aromatic carbocycles. The van der Waals surface area contributed by atoms with Gasteiger partial charge in [0.25, 0.3) is 0 Å². The summed E-state index contributed by atoms with van der Waals surface area (Å²) in [5.41, 5.74) is 1.30. The summed E-state index contributed by atoms with van der Waals surface area (Å²) in [5.74, 6) is -2.42. The monoisotopic (exact) mass is 333 g/mol. The molecule has 0 aliphatic carbocycles. The summed E-state index contributed by atoms with van der Waals surface area (Å²) in [6.45, 7) is 5.57. The molecule has 0 saturated heterocycles. The Kier molecular flexibility index (Phi) is 6.92. The van der Waals surface area contributed by atoms with E-state index >= 15 is 0 Å². The zero-order chi connectivity index (χ0) is 18.3. The van der Waals surface area contributed by atoms with Crippen LogP contribution < -0.4 is 5.32 Å². The SMILES string of the molecule is CC(C)Nc1ccc(F)cc1.Cc1c(C(=O)O)cccc1C(=O)O. The summed E-state index contributed by atoms with van der Waals surface area (Å²) in [6.07, 6.45) is 0. The first-order valence-corrected chi connectivity index (χ1v) is 7.30. The first-order valence-electron chi connectivity index (χ1n) is 7.30. The number of carbonyl (C=O) groups is 2. The Morgan fingerprint density at radius 2 is 1.42 bits per heavy atom. The fourth-order valence-electron chi connectivity index (χ4n) is 1.98. The van der Waals surface area contributed by atoms with Gasteiger partial charge in [0.15, 0.2) is 0 Å². The summed E-state index contributed by atoms with van der Waals surface area (Å²) in [5, 5.41) is 20.5. The lowest BCUT2D eigenvalue weighted by Gasteiger charge is -2.08. The van der Waals surface area contributed by atoms with E-state index in [4.69, 9.17) is 10.2 Å². The fraction of sp³-hybridized carbons (Fsp3) is 0.222. The third-order valence-electron chi connectivity index (χ3n) is 3.09. The van der Waals surface area contributed by atoms with Crippen molar-refractivity contribution < 1.29 is 24.2 Å². The molecule has 0 radical (unpaired) electrons. The van der Waals surface area contributed by atoms with Crippen LogP contribution in [0.4, 0.5) is 10.1 Å². The lowest BCUT2D eigenvalue weighted by Crippen LogP contribution is -2.09. The lowest BCUT2D eigenvalue weighted by molar-refractivity contribution is 0.0696. The first-order chi connectivity index (χ1) is 11.2. The van der Waals surface area contributed by atoms with Crippen molar-refractivity contribution in [2.24, 2.45) is 0 Å². The number of aromatic carboxylic acids is 2. The van der Waals surface area contributed by atoms with Crippen LogP contribution in [0.3, 0.4) is 0 Å². The Labute approximate surface area is 139 Å². The second kappa shape index (κ2) is 8.67. The van der Waals surface area contributed by atoms with E-state index in [1.54, 1.807) is 12.1 Å². The molecule has 0 spiro atoms. The van der Waals surface area contributed by atoms with Gasteiger partial charge in [-0.05, 0) is 62.7 Å². The van der Waals surface area contributed by atoms with Gasteiger partial charge in [0.05, 0.1) is 11.1 Å². The molecule has 2 rings (SSSR count). The second-order valence-electron chi connectivity index (χ2n) is 5.39. The molecule has 0 amide bonds. The van der Waals surface area contributed by atoms with Crippen molar-refractivity contribution in [2.75, 3.05) is 5.32 Å². The Morgan fingerprint density at radius 3 is 1.79 bits per heavy atom. The normalized spacial score (nSPS) is 9.88. The number of rotatable bonds is 4. The summed E-state index contributed by atoms with van der Waals surface area (Å²) >= 11 is 0. The molecule has 0 saturated carbocycles. The highest BCUT2D eigenvalue weighted by Crippen LogP contribution is 2.13. The topological polar surface area (TPSA) is 86.6 Å². The number of nitrogens with one attached hydrogen (secondary N) is 1. The van der Waals surface area contributed by atoms with Crippen LogP contribution >= 0.6 is 0 Å². The van der Waals surface area contributed by atoms with Gasteiger partial charge in [-0.15, -0.1) is 0 Å². The van der Waals surface area contributed by atoms with Crippen molar-refractivity contribution >= 4 is 17.6 Å². The largest absolute Gasteiger partial charge is 0.478 e. The number of hydrogen-bond acceptors (Lipinski definition) is 3. The van der Waals surface area contributed by atoms with E-state index in [-0.39, 0.29) is 22.5 Å². The molecule has 0 bridgehead atoms. The minimum Gasteiger partial charge on any atom is -0.478 e. The fourth-order valence-corrected chi connectivity index (χ4v) is 1.98. The molecule has 3 N–H and O–H groups in total. The molecule has 0 heterocycles. The Hall–Kier alpha value is -2.89. The minimum atomic E-state index is -1.11. The van der Waals surface area contributed by atoms with Crippen LogP contribution in [-0.2, 0) is 0 Å². The van der Waals surface area contributed by atoms with Crippen LogP contribution in [0.1, 0.15) is 40.1 Å². The average Bonchev–Trinajstić information content (AvgIpc) is 2.49. The smallest absolute Gasteiger partial charge is 0.335 e. The molecular weight excluding hydrogens is 313 g/mol. The molecule has 0 aromatic heterocycles. The van der Waals surface area contributed by atoms with Crippen molar-refractivity contribution in [2.45, 2.75) is 26.8 Å².